The zero-order chi connectivity index (χ0) is 27.2. The van der Waals surface area contributed by atoms with E-state index >= 15 is 0 Å². The van der Waals surface area contributed by atoms with Crippen molar-refractivity contribution in [2.45, 2.75) is 20.0 Å². The van der Waals surface area contributed by atoms with Gasteiger partial charge in [0.2, 0.25) is 0 Å². The van der Waals surface area contributed by atoms with Crippen LogP contribution in [0.4, 0.5) is 11.4 Å². The molecule has 1 heterocycles. The Bertz CT molecular complexity index is 1500. The molecule has 0 spiro atoms. The Hall–Kier alpha value is -4.68. The van der Waals surface area contributed by atoms with Gasteiger partial charge in [0.25, 0.3) is 5.91 Å². The normalized spacial score (nSPS) is 13.6. The Morgan fingerprint density at radius 2 is 1.46 bits per heavy atom. The standard InChI is InChI=1S/C33H31N3O3/c1-3-39-33(38)26-16-19-28-29(20-26)35-32(37)30(28)31(25-12-8-5-9-13-25)34-27-17-14-24(15-18-27)22-36(2)21-23-10-6-4-7-11-23/h4-20,34H,3,21-22H2,1-2H3,(H,35,37)/b31-30-. The van der Waals surface area contributed by atoms with Gasteiger partial charge in [-0.3, -0.25) is 9.69 Å². The highest BCUT2D eigenvalue weighted by molar-refractivity contribution is 6.37. The number of rotatable bonds is 9. The van der Waals surface area contributed by atoms with Crippen LogP contribution in [0.1, 0.15) is 39.5 Å². The van der Waals surface area contributed by atoms with E-state index in [2.05, 4.69) is 59.0 Å². The molecule has 5 rings (SSSR count). The minimum atomic E-state index is -0.414. The maximum Gasteiger partial charge on any atom is 0.338 e. The number of carbonyl (C=O) groups is 2. The van der Waals surface area contributed by atoms with Gasteiger partial charge in [0.05, 0.1) is 29.1 Å². The van der Waals surface area contributed by atoms with Gasteiger partial charge in [0.15, 0.2) is 0 Å². The second-order valence-electron chi connectivity index (χ2n) is 9.53. The second kappa shape index (κ2) is 11.8. The molecule has 0 atom stereocenters. The third-order valence-corrected chi connectivity index (χ3v) is 6.56. The van der Waals surface area contributed by atoms with E-state index in [1.165, 1.54) is 11.1 Å². The monoisotopic (exact) mass is 517 g/mol. The highest BCUT2D eigenvalue weighted by Gasteiger charge is 2.29. The molecule has 6 heteroatoms. The predicted molar refractivity (Wildman–Crippen MR) is 156 cm³/mol. The number of fused-ring (bicyclic) bond motifs is 1. The molecule has 6 nitrogen and oxygen atoms in total. The number of esters is 1. The lowest BCUT2D eigenvalue weighted by atomic mass is 9.99. The Morgan fingerprint density at radius 3 is 2.13 bits per heavy atom. The van der Waals surface area contributed by atoms with Crippen LogP contribution in [0.15, 0.2) is 103 Å². The quantitative estimate of drug-likeness (QED) is 0.198. The lowest BCUT2D eigenvalue weighted by molar-refractivity contribution is -0.110. The van der Waals surface area contributed by atoms with Crippen LogP contribution in [0.5, 0.6) is 0 Å². The van der Waals surface area contributed by atoms with Crippen LogP contribution in [-0.4, -0.2) is 30.4 Å². The Kier molecular flexibility index (Phi) is 7.85. The fourth-order valence-electron chi connectivity index (χ4n) is 4.75. The van der Waals surface area contributed by atoms with Gasteiger partial charge >= 0.3 is 5.97 Å². The van der Waals surface area contributed by atoms with Crippen LogP contribution in [0, 0.1) is 0 Å². The lowest BCUT2D eigenvalue weighted by Gasteiger charge is -2.18. The van der Waals surface area contributed by atoms with Crippen molar-refractivity contribution in [1.29, 1.82) is 0 Å². The van der Waals surface area contributed by atoms with E-state index in [-0.39, 0.29) is 12.5 Å². The highest BCUT2D eigenvalue weighted by atomic mass is 16.5. The third kappa shape index (κ3) is 6.08. The van der Waals surface area contributed by atoms with Gasteiger partial charge in [-0.2, -0.15) is 0 Å². The number of benzene rings is 4. The molecular weight excluding hydrogens is 486 g/mol. The molecule has 0 saturated heterocycles. The molecular formula is C33H31N3O3. The largest absolute Gasteiger partial charge is 0.462 e. The van der Waals surface area contributed by atoms with Crippen LogP contribution in [-0.2, 0) is 22.6 Å². The minimum Gasteiger partial charge on any atom is -0.462 e. The summed E-state index contributed by atoms with van der Waals surface area (Å²) in [6.07, 6.45) is 0. The fourth-order valence-corrected chi connectivity index (χ4v) is 4.75. The number of nitrogens with one attached hydrogen (secondary N) is 2. The van der Waals surface area contributed by atoms with Crippen molar-refractivity contribution in [1.82, 2.24) is 4.90 Å². The maximum absolute atomic E-state index is 13.2. The van der Waals surface area contributed by atoms with Gasteiger partial charge in [0.1, 0.15) is 0 Å². The van der Waals surface area contributed by atoms with Crippen molar-refractivity contribution in [2.24, 2.45) is 0 Å². The van der Waals surface area contributed by atoms with Crippen molar-refractivity contribution in [2.75, 3.05) is 24.3 Å². The molecule has 0 aromatic heterocycles. The molecule has 39 heavy (non-hydrogen) atoms. The van der Waals surface area contributed by atoms with E-state index in [4.69, 9.17) is 4.74 Å². The van der Waals surface area contributed by atoms with Crippen LogP contribution in [0.25, 0.3) is 11.3 Å². The van der Waals surface area contributed by atoms with E-state index < -0.39 is 5.97 Å². The third-order valence-electron chi connectivity index (χ3n) is 6.56. The zero-order valence-corrected chi connectivity index (χ0v) is 22.1. The smallest absolute Gasteiger partial charge is 0.338 e. The van der Waals surface area contributed by atoms with Crippen molar-refractivity contribution < 1.29 is 14.3 Å². The average molecular weight is 518 g/mol. The van der Waals surface area contributed by atoms with E-state index in [0.29, 0.717) is 22.5 Å². The van der Waals surface area contributed by atoms with E-state index in [0.717, 1.165) is 29.9 Å². The van der Waals surface area contributed by atoms with Crippen LogP contribution in [0.2, 0.25) is 0 Å². The van der Waals surface area contributed by atoms with Crippen molar-refractivity contribution in [3.8, 4) is 0 Å². The van der Waals surface area contributed by atoms with E-state index in [1.807, 2.05) is 48.5 Å². The number of hydrogen-bond acceptors (Lipinski definition) is 5. The van der Waals surface area contributed by atoms with Gasteiger partial charge in [0, 0.05) is 24.3 Å². The topological polar surface area (TPSA) is 70.7 Å². The second-order valence-corrected chi connectivity index (χ2v) is 9.53. The summed E-state index contributed by atoms with van der Waals surface area (Å²) in [4.78, 5) is 27.7. The summed E-state index contributed by atoms with van der Waals surface area (Å²) in [6, 6.07) is 33.6. The molecule has 0 radical (unpaired) electrons. The molecule has 0 unspecified atom stereocenters. The van der Waals surface area contributed by atoms with Gasteiger partial charge in [-0.15, -0.1) is 0 Å². The summed E-state index contributed by atoms with van der Waals surface area (Å²) >= 11 is 0. The SMILES string of the molecule is CCOC(=O)c1ccc2c(c1)NC(=O)/C2=C(\Nc1ccc(CN(C)Cc2ccccc2)cc1)c1ccccc1. The summed E-state index contributed by atoms with van der Waals surface area (Å²) in [5, 5.41) is 6.42. The lowest BCUT2D eigenvalue weighted by Crippen LogP contribution is -2.17. The first kappa shape index (κ1) is 25.9. The summed E-state index contributed by atoms with van der Waals surface area (Å²) < 4.78 is 5.12. The number of anilines is 2. The summed E-state index contributed by atoms with van der Waals surface area (Å²) in [5.74, 6) is -0.639. The van der Waals surface area contributed by atoms with Crippen LogP contribution < -0.4 is 10.6 Å². The fraction of sp³-hybridized carbons (Fsp3) is 0.152. The molecule has 0 bridgehead atoms. The molecule has 0 saturated carbocycles. The number of carbonyl (C=O) groups excluding carboxylic acids is 2. The first-order chi connectivity index (χ1) is 19.0. The van der Waals surface area contributed by atoms with Crippen LogP contribution in [0.3, 0.4) is 0 Å². The van der Waals surface area contributed by atoms with Gasteiger partial charge in [-0.1, -0.05) is 78.9 Å². The minimum absolute atomic E-state index is 0.225. The van der Waals surface area contributed by atoms with Crippen molar-refractivity contribution in [3.63, 3.8) is 0 Å². The molecule has 1 amide bonds. The van der Waals surface area contributed by atoms with Gasteiger partial charge in [-0.05, 0) is 54.9 Å². The zero-order valence-electron chi connectivity index (χ0n) is 22.1. The molecule has 0 aliphatic carbocycles. The van der Waals surface area contributed by atoms with Crippen molar-refractivity contribution >= 4 is 34.5 Å². The van der Waals surface area contributed by atoms with Crippen molar-refractivity contribution in [3.05, 3.63) is 131 Å². The Labute approximate surface area is 228 Å². The summed E-state index contributed by atoms with van der Waals surface area (Å²) in [6.45, 7) is 3.75. The first-order valence-electron chi connectivity index (χ1n) is 13.0. The molecule has 1 aliphatic heterocycles. The van der Waals surface area contributed by atoms with Gasteiger partial charge < -0.3 is 15.4 Å². The Balaban J connectivity index is 1.41. The molecule has 0 fully saturated rings. The number of hydrogen-bond donors (Lipinski definition) is 2. The first-order valence-corrected chi connectivity index (χ1v) is 13.0. The highest BCUT2D eigenvalue weighted by Crippen LogP contribution is 2.38. The molecule has 1 aliphatic rings. The molecule has 2 N–H and O–H groups in total. The van der Waals surface area contributed by atoms with E-state index in [9.17, 15) is 9.59 Å². The van der Waals surface area contributed by atoms with Crippen LogP contribution >= 0.6 is 0 Å². The number of amides is 1. The summed E-state index contributed by atoms with van der Waals surface area (Å²) in [7, 11) is 2.11. The molecule has 196 valence electrons. The summed E-state index contributed by atoms with van der Waals surface area (Å²) in [5.41, 5.74) is 7.19. The maximum atomic E-state index is 13.2. The molecule has 4 aromatic rings. The average Bonchev–Trinajstić information content (AvgIpc) is 3.28. The van der Waals surface area contributed by atoms with E-state index in [1.54, 1.807) is 25.1 Å². The molecule has 4 aromatic carbocycles. The predicted octanol–water partition coefficient (Wildman–Crippen LogP) is 6.43. The number of ether oxygens (including phenoxy) is 1. The van der Waals surface area contributed by atoms with Gasteiger partial charge in [-0.25, -0.2) is 4.79 Å². The Morgan fingerprint density at radius 1 is 0.821 bits per heavy atom. The number of nitrogens with zero attached hydrogens (tertiary/aromatic N) is 1.